The van der Waals surface area contributed by atoms with E-state index in [0.717, 1.165) is 4.57 Å². The summed E-state index contributed by atoms with van der Waals surface area (Å²) in [5.74, 6) is -0.163. The fourth-order valence-electron chi connectivity index (χ4n) is 1.29. The van der Waals surface area contributed by atoms with E-state index >= 15 is 0 Å². The molecule has 0 spiro atoms. The first kappa shape index (κ1) is 14.2. The molecule has 0 aliphatic heterocycles. The number of nitrogens with two attached hydrogens (primary N) is 1. The van der Waals surface area contributed by atoms with Crippen molar-refractivity contribution < 1.29 is 15.3 Å². The zero-order chi connectivity index (χ0) is 13.9. The molecule has 0 aliphatic rings. The van der Waals surface area contributed by atoms with Crippen molar-refractivity contribution >= 4 is 11.5 Å². The molecule has 9 heteroatoms. The summed E-state index contributed by atoms with van der Waals surface area (Å²) in [4.78, 5) is 24.8. The molecule has 0 radical (unpaired) electrons. The van der Waals surface area contributed by atoms with Gasteiger partial charge < -0.3 is 26.4 Å². The third-order valence-corrected chi connectivity index (χ3v) is 2.67. The van der Waals surface area contributed by atoms with E-state index in [4.69, 9.17) is 21.1 Å². The summed E-state index contributed by atoms with van der Waals surface area (Å²) < 4.78 is 0.987. The molecule has 1 rings (SSSR count). The van der Waals surface area contributed by atoms with Crippen molar-refractivity contribution in [3.63, 3.8) is 0 Å². The Labute approximate surface area is 102 Å². The van der Waals surface area contributed by atoms with E-state index in [0.29, 0.717) is 0 Å². The molecule has 18 heavy (non-hydrogen) atoms. The summed E-state index contributed by atoms with van der Waals surface area (Å²) in [6.45, 7) is -1.87. The molecule has 1 aromatic rings. The average Bonchev–Trinajstić information content (AvgIpc) is 2.37. The molecule has 1 heterocycles. The van der Waals surface area contributed by atoms with Crippen molar-refractivity contribution in [3.8, 4) is 0 Å². The van der Waals surface area contributed by atoms with Crippen LogP contribution in [0, 0.1) is 0 Å². The number of nitrogen functional groups attached to an aromatic ring is 1. The van der Waals surface area contributed by atoms with Crippen LogP contribution in [0.1, 0.15) is 0 Å². The van der Waals surface area contributed by atoms with Crippen molar-refractivity contribution in [3.05, 3.63) is 20.8 Å². The Morgan fingerprint density at radius 3 is 2.22 bits per heavy atom. The molecule has 0 saturated heterocycles. The summed E-state index contributed by atoms with van der Waals surface area (Å²) in [6.07, 6.45) is 0. The van der Waals surface area contributed by atoms with Crippen LogP contribution in [0.15, 0.2) is 9.59 Å². The van der Waals surface area contributed by atoms with E-state index in [9.17, 15) is 9.59 Å². The van der Waals surface area contributed by atoms with Gasteiger partial charge in [-0.1, -0.05) is 0 Å². The fraction of sp³-hybridized carbons (Fsp3) is 0.556. The van der Waals surface area contributed by atoms with Gasteiger partial charge in [-0.3, -0.25) is 14.3 Å². The molecule has 9 nitrogen and oxygen atoms in total. The Kier molecular flexibility index (Phi) is 4.11. The molecule has 0 unspecified atom stereocenters. The molecule has 0 bridgehead atoms. The lowest BCUT2D eigenvalue weighted by Gasteiger charge is -2.29. The number of nitrogens with one attached hydrogen (secondary N) is 2. The first-order valence-electron chi connectivity index (χ1n) is 5.10. The highest BCUT2D eigenvalue weighted by Gasteiger charge is 2.30. The molecule has 1 aromatic heterocycles. The van der Waals surface area contributed by atoms with Gasteiger partial charge in [-0.2, -0.15) is 0 Å². The van der Waals surface area contributed by atoms with Gasteiger partial charge in [0.15, 0.2) is 0 Å². The molecular weight excluding hydrogens is 244 g/mol. The largest absolute Gasteiger partial charge is 0.394 e. The lowest BCUT2D eigenvalue weighted by Crippen LogP contribution is -2.51. The van der Waals surface area contributed by atoms with Gasteiger partial charge >= 0.3 is 5.69 Å². The molecule has 0 fully saturated rings. The van der Waals surface area contributed by atoms with Crippen LogP contribution in [-0.2, 0) is 7.05 Å². The minimum atomic E-state index is -1.50. The molecule has 102 valence electrons. The summed E-state index contributed by atoms with van der Waals surface area (Å²) in [5, 5.41) is 29.9. The van der Waals surface area contributed by atoms with E-state index in [-0.39, 0.29) is 11.5 Å². The summed E-state index contributed by atoms with van der Waals surface area (Å²) >= 11 is 0. The first-order chi connectivity index (χ1) is 8.40. The van der Waals surface area contributed by atoms with Crippen LogP contribution in [0.4, 0.5) is 11.5 Å². The SMILES string of the molecule is Cn1c(N)c(NC(CO)(CO)CO)c(=O)[nH]c1=O. The van der Waals surface area contributed by atoms with Gasteiger partial charge in [-0.05, 0) is 0 Å². The predicted octanol–water partition coefficient (Wildman–Crippen LogP) is -3.22. The number of aromatic amines is 1. The van der Waals surface area contributed by atoms with Crippen LogP contribution in [0.3, 0.4) is 0 Å². The first-order valence-corrected chi connectivity index (χ1v) is 5.10. The average molecular weight is 260 g/mol. The number of hydrogen-bond donors (Lipinski definition) is 6. The number of aromatic nitrogens is 2. The Bertz CT molecular complexity index is 522. The van der Waals surface area contributed by atoms with Crippen LogP contribution in [0.5, 0.6) is 0 Å². The van der Waals surface area contributed by atoms with Gasteiger partial charge in [-0.25, -0.2) is 4.79 Å². The smallest absolute Gasteiger partial charge is 0.329 e. The maximum atomic E-state index is 11.6. The summed E-state index contributed by atoms with van der Waals surface area (Å²) in [6, 6.07) is 0. The highest BCUT2D eigenvalue weighted by Crippen LogP contribution is 2.15. The molecule has 0 aromatic carbocycles. The third-order valence-electron chi connectivity index (χ3n) is 2.67. The quantitative estimate of drug-likeness (QED) is 0.325. The number of aliphatic hydroxyl groups excluding tert-OH is 3. The van der Waals surface area contributed by atoms with E-state index < -0.39 is 36.6 Å². The van der Waals surface area contributed by atoms with Gasteiger partial charge in [0.05, 0.1) is 19.8 Å². The second-order valence-corrected chi connectivity index (χ2v) is 3.96. The van der Waals surface area contributed by atoms with Crippen molar-refractivity contribution in [1.29, 1.82) is 0 Å². The number of H-pyrrole nitrogens is 1. The molecular formula is C9H16N4O5. The van der Waals surface area contributed by atoms with Crippen LogP contribution in [0.25, 0.3) is 0 Å². The lowest BCUT2D eigenvalue weighted by atomic mass is 10.0. The number of nitrogens with zero attached hydrogens (tertiary/aromatic N) is 1. The molecule has 0 aliphatic carbocycles. The highest BCUT2D eigenvalue weighted by atomic mass is 16.3. The van der Waals surface area contributed by atoms with Crippen molar-refractivity contribution in [2.45, 2.75) is 5.54 Å². The molecule has 0 saturated carbocycles. The Morgan fingerprint density at radius 1 is 1.28 bits per heavy atom. The maximum absolute atomic E-state index is 11.6. The van der Waals surface area contributed by atoms with Crippen LogP contribution >= 0.6 is 0 Å². The minimum Gasteiger partial charge on any atom is -0.394 e. The Morgan fingerprint density at radius 2 is 1.78 bits per heavy atom. The predicted molar refractivity (Wildman–Crippen MR) is 64.3 cm³/mol. The second-order valence-electron chi connectivity index (χ2n) is 3.96. The Hall–Kier alpha value is -1.84. The maximum Gasteiger partial charge on any atom is 0.329 e. The number of aliphatic hydroxyl groups is 3. The summed E-state index contributed by atoms with van der Waals surface area (Å²) in [7, 11) is 1.34. The normalized spacial score (nSPS) is 11.6. The highest BCUT2D eigenvalue weighted by molar-refractivity contribution is 5.61. The number of hydrogen-bond acceptors (Lipinski definition) is 7. The van der Waals surface area contributed by atoms with Crippen molar-refractivity contribution in [1.82, 2.24) is 9.55 Å². The van der Waals surface area contributed by atoms with Crippen LogP contribution in [-0.4, -0.2) is 50.2 Å². The molecule has 7 N–H and O–H groups in total. The molecule has 0 amide bonds. The van der Waals surface area contributed by atoms with Crippen LogP contribution in [0.2, 0.25) is 0 Å². The lowest BCUT2D eigenvalue weighted by molar-refractivity contribution is 0.0833. The van der Waals surface area contributed by atoms with Gasteiger partial charge in [0.2, 0.25) is 0 Å². The topological polar surface area (TPSA) is 154 Å². The van der Waals surface area contributed by atoms with Gasteiger partial charge in [0.1, 0.15) is 17.0 Å². The van der Waals surface area contributed by atoms with Gasteiger partial charge in [0.25, 0.3) is 5.56 Å². The van der Waals surface area contributed by atoms with Crippen LogP contribution < -0.4 is 22.3 Å². The standard InChI is InChI=1S/C9H16N4O5/c1-13-6(10)5(7(17)11-8(13)18)12-9(2-14,3-15)4-16/h12,14-16H,2-4,10H2,1H3,(H,11,17,18). The second kappa shape index (κ2) is 5.21. The zero-order valence-corrected chi connectivity index (χ0v) is 9.80. The van der Waals surface area contributed by atoms with E-state index in [1.807, 2.05) is 4.98 Å². The van der Waals surface area contributed by atoms with Crippen molar-refractivity contribution in [2.75, 3.05) is 30.9 Å². The van der Waals surface area contributed by atoms with E-state index in [2.05, 4.69) is 5.32 Å². The monoisotopic (exact) mass is 260 g/mol. The zero-order valence-electron chi connectivity index (χ0n) is 9.80. The number of rotatable bonds is 5. The van der Waals surface area contributed by atoms with Gasteiger partial charge in [0, 0.05) is 7.05 Å². The Balaban J connectivity index is 3.31. The van der Waals surface area contributed by atoms with Gasteiger partial charge in [-0.15, -0.1) is 0 Å². The van der Waals surface area contributed by atoms with E-state index in [1.165, 1.54) is 7.05 Å². The fourth-order valence-corrected chi connectivity index (χ4v) is 1.29. The van der Waals surface area contributed by atoms with E-state index in [1.54, 1.807) is 0 Å². The number of anilines is 2. The molecule has 0 atom stereocenters. The summed E-state index contributed by atoms with van der Waals surface area (Å²) in [5.41, 5.74) is 2.40. The third kappa shape index (κ3) is 2.37. The minimum absolute atomic E-state index is 0.163. The van der Waals surface area contributed by atoms with Crippen molar-refractivity contribution in [2.24, 2.45) is 7.05 Å².